The van der Waals surface area contributed by atoms with Crippen molar-refractivity contribution in [2.75, 3.05) is 0 Å². The second kappa shape index (κ2) is 5.72. The number of hydrogen-bond donors (Lipinski definition) is 1. The minimum Gasteiger partial charge on any atom is -0.328 e. The first-order valence-electron chi connectivity index (χ1n) is 8.57. The molecule has 26 heavy (non-hydrogen) atoms. The lowest BCUT2D eigenvalue weighted by atomic mass is 10.1. The lowest BCUT2D eigenvalue weighted by molar-refractivity contribution is 0.0748. The van der Waals surface area contributed by atoms with E-state index >= 15 is 0 Å². The second-order valence-corrected chi connectivity index (χ2v) is 7.52. The maximum absolute atomic E-state index is 12.8. The predicted molar refractivity (Wildman–Crippen MR) is 97.2 cm³/mol. The van der Waals surface area contributed by atoms with Gasteiger partial charge in [0.05, 0.1) is 29.9 Å². The number of nitrogens with zero attached hydrogens (tertiary/aromatic N) is 4. The fraction of sp³-hybridized carbons (Fsp3) is 0.316. The zero-order valence-electron chi connectivity index (χ0n) is 15.1. The van der Waals surface area contributed by atoms with E-state index in [0.29, 0.717) is 18.7 Å². The Bertz CT molecular complexity index is 1000. The van der Waals surface area contributed by atoms with E-state index in [1.165, 1.54) is 12.3 Å². The lowest BCUT2D eigenvalue weighted by Crippen LogP contribution is -2.30. The van der Waals surface area contributed by atoms with Gasteiger partial charge in [-0.05, 0) is 39.0 Å². The van der Waals surface area contributed by atoms with Gasteiger partial charge in [-0.1, -0.05) is 0 Å². The van der Waals surface area contributed by atoms with Gasteiger partial charge in [-0.2, -0.15) is 5.10 Å². The van der Waals surface area contributed by atoms with Crippen LogP contribution in [0.15, 0.2) is 47.7 Å². The third kappa shape index (κ3) is 2.65. The van der Waals surface area contributed by atoms with E-state index in [0.717, 1.165) is 17.1 Å². The number of amides is 1. The Morgan fingerprint density at radius 1 is 1.15 bits per heavy atom. The molecule has 3 aromatic rings. The van der Waals surface area contributed by atoms with Crippen molar-refractivity contribution in [1.29, 1.82) is 0 Å². The summed E-state index contributed by atoms with van der Waals surface area (Å²) in [5.74, 6) is 0.884. The summed E-state index contributed by atoms with van der Waals surface area (Å²) in [6.45, 7) is 7.31. The Morgan fingerprint density at radius 3 is 2.50 bits per heavy atom. The van der Waals surface area contributed by atoms with Gasteiger partial charge < -0.3 is 14.5 Å². The van der Waals surface area contributed by atoms with E-state index < -0.39 is 0 Å². The maximum Gasteiger partial charge on any atom is 0.255 e. The molecular weight excluding hydrogens is 330 g/mol. The van der Waals surface area contributed by atoms with E-state index in [1.807, 2.05) is 33.8 Å². The van der Waals surface area contributed by atoms with Gasteiger partial charge >= 0.3 is 0 Å². The monoisotopic (exact) mass is 351 g/mol. The van der Waals surface area contributed by atoms with Crippen LogP contribution in [0.2, 0.25) is 0 Å². The van der Waals surface area contributed by atoms with Gasteiger partial charge in [0, 0.05) is 30.2 Å². The molecule has 134 valence electrons. The minimum absolute atomic E-state index is 0.111. The molecule has 0 atom stereocenters. The molecule has 4 rings (SSSR count). The number of pyridine rings is 1. The van der Waals surface area contributed by atoms with Gasteiger partial charge in [-0.25, -0.2) is 4.68 Å². The highest BCUT2D eigenvalue weighted by Gasteiger charge is 2.33. The Morgan fingerprint density at radius 2 is 1.88 bits per heavy atom. The molecule has 0 aromatic carbocycles. The number of carbonyl (C=O) groups excluding carboxylic acids is 1. The zero-order chi connectivity index (χ0) is 18.5. The Balaban J connectivity index is 1.71. The third-order valence-electron chi connectivity index (χ3n) is 4.53. The highest BCUT2D eigenvalue weighted by atomic mass is 16.2. The SMILES string of the molecule is CC(C)(C)n1nc2c(c1-n1cccc1)CN(C(=O)c1ccc(=O)[nH]c1)C2. The van der Waals surface area contributed by atoms with Crippen molar-refractivity contribution in [3.05, 3.63) is 70.0 Å². The molecule has 0 radical (unpaired) electrons. The molecule has 0 spiro atoms. The molecule has 0 bridgehead atoms. The molecule has 0 saturated heterocycles. The van der Waals surface area contributed by atoms with E-state index in [4.69, 9.17) is 5.10 Å². The number of aromatic nitrogens is 4. The molecule has 0 aliphatic carbocycles. The van der Waals surface area contributed by atoms with Crippen molar-refractivity contribution in [3.63, 3.8) is 0 Å². The standard InChI is InChI=1S/C19H21N5O2/c1-19(2,3)24-17(22-8-4-5-9-22)14-11-23(12-15(14)21-24)18(26)13-6-7-16(25)20-10-13/h4-10H,11-12H2,1-3H3,(H,20,25). The van der Waals surface area contributed by atoms with Crippen LogP contribution in [0.3, 0.4) is 0 Å². The van der Waals surface area contributed by atoms with Crippen LogP contribution in [-0.4, -0.2) is 30.1 Å². The lowest BCUT2D eigenvalue weighted by Gasteiger charge is -2.24. The fourth-order valence-corrected chi connectivity index (χ4v) is 3.28. The third-order valence-corrected chi connectivity index (χ3v) is 4.53. The molecule has 7 heteroatoms. The topological polar surface area (TPSA) is 75.9 Å². The summed E-state index contributed by atoms with van der Waals surface area (Å²) in [6, 6.07) is 6.88. The summed E-state index contributed by atoms with van der Waals surface area (Å²) in [5.41, 5.74) is 2.07. The summed E-state index contributed by atoms with van der Waals surface area (Å²) in [6.07, 6.45) is 5.45. The van der Waals surface area contributed by atoms with Gasteiger partial charge in [0.1, 0.15) is 5.82 Å². The Kier molecular flexibility index (Phi) is 3.61. The van der Waals surface area contributed by atoms with Crippen molar-refractivity contribution in [1.82, 2.24) is 24.2 Å². The summed E-state index contributed by atoms with van der Waals surface area (Å²) < 4.78 is 4.07. The van der Waals surface area contributed by atoms with Crippen molar-refractivity contribution < 1.29 is 4.79 Å². The molecule has 4 heterocycles. The van der Waals surface area contributed by atoms with Gasteiger partial charge in [0.25, 0.3) is 5.91 Å². The van der Waals surface area contributed by atoms with Crippen LogP contribution < -0.4 is 5.56 Å². The molecule has 1 amide bonds. The Hall–Kier alpha value is -3.09. The van der Waals surface area contributed by atoms with E-state index in [-0.39, 0.29) is 17.0 Å². The number of H-pyrrole nitrogens is 1. The van der Waals surface area contributed by atoms with Crippen LogP contribution in [0.25, 0.3) is 5.82 Å². The molecule has 1 aliphatic heterocycles. The molecule has 0 fully saturated rings. The first kappa shape index (κ1) is 16.4. The number of aromatic amines is 1. The summed E-state index contributed by atoms with van der Waals surface area (Å²) in [4.78, 5) is 28.3. The average molecular weight is 351 g/mol. The van der Waals surface area contributed by atoms with E-state index in [9.17, 15) is 9.59 Å². The number of rotatable bonds is 2. The highest BCUT2D eigenvalue weighted by Crippen LogP contribution is 2.32. The van der Waals surface area contributed by atoms with Crippen LogP contribution in [0.1, 0.15) is 42.4 Å². The molecule has 1 aliphatic rings. The zero-order valence-corrected chi connectivity index (χ0v) is 15.1. The first-order valence-corrected chi connectivity index (χ1v) is 8.57. The van der Waals surface area contributed by atoms with Crippen molar-refractivity contribution in [3.8, 4) is 5.82 Å². The van der Waals surface area contributed by atoms with E-state index in [1.54, 1.807) is 11.0 Å². The second-order valence-electron chi connectivity index (χ2n) is 7.52. The quantitative estimate of drug-likeness (QED) is 0.769. The van der Waals surface area contributed by atoms with E-state index in [2.05, 4.69) is 25.8 Å². The van der Waals surface area contributed by atoms with Gasteiger partial charge in [0.2, 0.25) is 5.56 Å². The van der Waals surface area contributed by atoms with Crippen LogP contribution in [0.4, 0.5) is 0 Å². The van der Waals surface area contributed by atoms with Crippen LogP contribution in [-0.2, 0) is 18.6 Å². The molecule has 1 N–H and O–H groups in total. The fourth-order valence-electron chi connectivity index (χ4n) is 3.28. The number of fused-ring (bicyclic) bond motifs is 1. The maximum atomic E-state index is 12.8. The van der Waals surface area contributed by atoms with Gasteiger partial charge in [-0.3, -0.25) is 9.59 Å². The predicted octanol–water partition coefficient (Wildman–Crippen LogP) is 2.27. The van der Waals surface area contributed by atoms with Crippen LogP contribution in [0, 0.1) is 0 Å². The molecule has 7 nitrogen and oxygen atoms in total. The number of nitrogens with one attached hydrogen (secondary N) is 1. The number of hydrogen-bond acceptors (Lipinski definition) is 3. The summed E-state index contributed by atoms with van der Waals surface area (Å²) >= 11 is 0. The van der Waals surface area contributed by atoms with Crippen molar-refractivity contribution in [2.45, 2.75) is 39.4 Å². The largest absolute Gasteiger partial charge is 0.328 e. The molecular formula is C19H21N5O2. The van der Waals surface area contributed by atoms with Gasteiger partial charge in [-0.15, -0.1) is 0 Å². The molecule has 3 aromatic heterocycles. The highest BCUT2D eigenvalue weighted by molar-refractivity contribution is 5.94. The normalized spacial score (nSPS) is 13.9. The molecule has 0 saturated carbocycles. The minimum atomic E-state index is -0.220. The van der Waals surface area contributed by atoms with Crippen LogP contribution in [0.5, 0.6) is 0 Å². The first-order chi connectivity index (χ1) is 12.3. The van der Waals surface area contributed by atoms with Crippen molar-refractivity contribution >= 4 is 5.91 Å². The summed E-state index contributed by atoms with van der Waals surface area (Å²) in [7, 11) is 0. The smallest absolute Gasteiger partial charge is 0.255 e. The summed E-state index contributed by atoms with van der Waals surface area (Å²) in [5, 5.41) is 4.80. The average Bonchev–Trinajstić information content (AvgIpc) is 3.29. The Labute approximate surface area is 150 Å². The molecule has 0 unspecified atom stereocenters. The number of carbonyl (C=O) groups is 1. The van der Waals surface area contributed by atoms with Crippen molar-refractivity contribution in [2.24, 2.45) is 0 Å². The van der Waals surface area contributed by atoms with Gasteiger partial charge in [0.15, 0.2) is 0 Å². The van der Waals surface area contributed by atoms with Crippen LogP contribution >= 0.6 is 0 Å².